The Kier molecular flexibility index (Phi) is 5.05. The molecule has 0 aliphatic carbocycles. The molecule has 0 bridgehead atoms. The number of anilines is 1. The van der Waals surface area contributed by atoms with Crippen LogP contribution in [0, 0.1) is 5.92 Å². The second-order valence-corrected chi connectivity index (χ2v) is 5.31. The number of urea groups is 1. The van der Waals surface area contributed by atoms with Crippen molar-refractivity contribution in [3.63, 3.8) is 0 Å². The third-order valence-corrected chi connectivity index (χ3v) is 3.84. The molecule has 2 amide bonds. The molecule has 0 aromatic heterocycles. The molecule has 1 saturated heterocycles. The van der Waals surface area contributed by atoms with Crippen molar-refractivity contribution >= 4 is 23.3 Å². The standard InChI is InChI=1S/C14H20ClN3O/c1-16-10-11-6-8-18(9-7-11)14(19)17-13-5-3-2-4-12(13)15/h2-5,11,16H,6-10H2,1H3,(H,17,19). The molecule has 0 radical (unpaired) electrons. The second-order valence-electron chi connectivity index (χ2n) is 4.90. The Hall–Kier alpha value is -1.26. The number of rotatable bonds is 3. The monoisotopic (exact) mass is 281 g/mol. The van der Waals surface area contributed by atoms with Gasteiger partial charge in [0.1, 0.15) is 0 Å². The molecule has 19 heavy (non-hydrogen) atoms. The predicted octanol–water partition coefficient (Wildman–Crippen LogP) is 2.80. The summed E-state index contributed by atoms with van der Waals surface area (Å²) >= 11 is 6.03. The third-order valence-electron chi connectivity index (χ3n) is 3.51. The van der Waals surface area contributed by atoms with Crippen LogP contribution in [0.15, 0.2) is 24.3 Å². The summed E-state index contributed by atoms with van der Waals surface area (Å²) in [5.74, 6) is 0.675. The molecule has 104 valence electrons. The maximum absolute atomic E-state index is 12.1. The van der Waals surface area contributed by atoms with Gasteiger partial charge in [-0.15, -0.1) is 0 Å². The van der Waals surface area contributed by atoms with E-state index in [1.165, 1.54) is 0 Å². The Morgan fingerprint density at radius 1 is 1.37 bits per heavy atom. The number of carbonyl (C=O) groups is 1. The fourth-order valence-corrected chi connectivity index (χ4v) is 2.57. The molecule has 0 saturated carbocycles. The van der Waals surface area contributed by atoms with E-state index in [0.29, 0.717) is 16.6 Å². The van der Waals surface area contributed by atoms with Crippen molar-refractivity contribution in [2.24, 2.45) is 5.92 Å². The number of benzene rings is 1. The van der Waals surface area contributed by atoms with Crippen LogP contribution in [0.4, 0.5) is 10.5 Å². The van der Waals surface area contributed by atoms with E-state index in [-0.39, 0.29) is 6.03 Å². The van der Waals surface area contributed by atoms with Crippen LogP contribution >= 0.6 is 11.6 Å². The molecule has 5 heteroatoms. The summed E-state index contributed by atoms with van der Waals surface area (Å²) < 4.78 is 0. The van der Waals surface area contributed by atoms with Gasteiger partial charge in [-0.1, -0.05) is 23.7 Å². The molecule has 1 heterocycles. The van der Waals surface area contributed by atoms with Crippen molar-refractivity contribution < 1.29 is 4.79 Å². The Morgan fingerprint density at radius 2 is 2.05 bits per heavy atom. The molecule has 1 aromatic rings. The fraction of sp³-hybridized carbons (Fsp3) is 0.500. The molecule has 1 fully saturated rings. The molecule has 0 unspecified atom stereocenters. The van der Waals surface area contributed by atoms with Gasteiger partial charge in [-0.25, -0.2) is 4.79 Å². The fourth-order valence-electron chi connectivity index (χ4n) is 2.39. The number of nitrogens with one attached hydrogen (secondary N) is 2. The van der Waals surface area contributed by atoms with Gasteiger partial charge in [0.05, 0.1) is 10.7 Å². The lowest BCUT2D eigenvalue weighted by Crippen LogP contribution is -2.42. The number of para-hydroxylation sites is 1. The minimum absolute atomic E-state index is 0.0593. The normalized spacial score (nSPS) is 16.4. The van der Waals surface area contributed by atoms with E-state index in [1.54, 1.807) is 6.07 Å². The molecule has 4 nitrogen and oxygen atoms in total. The highest BCUT2D eigenvalue weighted by molar-refractivity contribution is 6.33. The second kappa shape index (κ2) is 6.78. The van der Waals surface area contributed by atoms with Crippen molar-refractivity contribution in [2.45, 2.75) is 12.8 Å². The Morgan fingerprint density at radius 3 is 2.68 bits per heavy atom. The first-order valence-electron chi connectivity index (χ1n) is 6.65. The SMILES string of the molecule is CNCC1CCN(C(=O)Nc2ccccc2Cl)CC1. The van der Waals surface area contributed by atoms with Gasteiger partial charge in [-0.2, -0.15) is 0 Å². The highest BCUT2D eigenvalue weighted by Crippen LogP contribution is 2.22. The number of carbonyl (C=O) groups excluding carboxylic acids is 1. The topological polar surface area (TPSA) is 44.4 Å². The summed E-state index contributed by atoms with van der Waals surface area (Å²) in [5, 5.41) is 6.63. The van der Waals surface area contributed by atoms with Gasteiger partial charge in [0.25, 0.3) is 0 Å². The van der Waals surface area contributed by atoms with Crippen LogP contribution in [-0.4, -0.2) is 37.6 Å². The zero-order valence-electron chi connectivity index (χ0n) is 11.2. The van der Waals surface area contributed by atoms with Crippen molar-refractivity contribution in [1.82, 2.24) is 10.2 Å². The average Bonchev–Trinajstić information content (AvgIpc) is 2.42. The maximum Gasteiger partial charge on any atom is 0.321 e. The summed E-state index contributed by atoms with van der Waals surface area (Å²) in [7, 11) is 1.97. The van der Waals surface area contributed by atoms with E-state index >= 15 is 0 Å². The number of piperidine rings is 1. The molecule has 1 aromatic carbocycles. The number of likely N-dealkylation sites (tertiary alicyclic amines) is 1. The van der Waals surface area contributed by atoms with E-state index in [9.17, 15) is 4.79 Å². The maximum atomic E-state index is 12.1. The number of halogens is 1. The average molecular weight is 282 g/mol. The van der Waals surface area contributed by atoms with Crippen LogP contribution in [0.25, 0.3) is 0 Å². The Balaban J connectivity index is 1.87. The van der Waals surface area contributed by atoms with E-state index in [4.69, 9.17) is 11.6 Å². The molecular weight excluding hydrogens is 262 g/mol. The zero-order chi connectivity index (χ0) is 13.7. The molecule has 2 rings (SSSR count). The van der Waals surface area contributed by atoms with Gasteiger partial charge in [-0.05, 0) is 44.5 Å². The lowest BCUT2D eigenvalue weighted by molar-refractivity contribution is 0.182. The van der Waals surface area contributed by atoms with E-state index in [2.05, 4.69) is 10.6 Å². The molecule has 1 aliphatic rings. The van der Waals surface area contributed by atoms with Crippen LogP contribution in [-0.2, 0) is 0 Å². The summed E-state index contributed by atoms with van der Waals surface area (Å²) in [4.78, 5) is 14.0. The predicted molar refractivity (Wildman–Crippen MR) is 78.7 cm³/mol. The molecule has 0 spiro atoms. The summed E-state index contributed by atoms with van der Waals surface area (Å²) in [5.41, 5.74) is 0.673. The number of nitrogens with zero attached hydrogens (tertiary/aromatic N) is 1. The van der Waals surface area contributed by atoms with Crippen molar-refractivity contribution in [3.05, 3.63) is 29.3 Å². The van der Waals surface area contributed by atoms with Gasteiger partial charge >= 0.3 is 6.03 Å². The van der Waals surface area contributed by atoms with Crippen LogP contribution in [0.2, 0.25) is 5.02 Å². The van der Waals surface area contributed by atoms with Crippen LogP contribution in [0.5, 0.6) is 0 Å². The Labute approximate surface area is 119 Å². The molecule has 1 aliphatic heterocycles. The first-order valence-corrected chi connectivity index (χ1v) is 7.03. The van der Waals surface area contributed by atoms with Gasteiger partial charge in [0, 0.05) is 13.1 Å². The van der Waals surface area contributed by atoms with Crippen LogP contribution < -0.4 is 10.6 Å². The first kappa shape index (κ1) is 14.2. The van der Waals surface area contributed by atoms with Crippen molar-refractivity contribution in [3.8, 4) is 0 Å². The van der Waals surface area contributed by atoms with Crippen molar-refractivity contribution in [1.29, 1.82) is 0 Å². The molecule has 2 N–H and O–H groups in total. The molecule has 0 atom stereocenters. The number of amides is 2. The van der Waals surface area contributed by atoms with Gasteiger partial charge in [0.15, 0.2) is 0 Å². The van der Waals surface area contributed by atoms with Crippen LogP contribution in [0.1, 0.15) is 12.8 Å². The lowest BCUT2D eigenvalue weighted by atomic mass is 9.97. The Bertz CT molecular complexity index is 430. The largest absolute Gasteiger partial charge is 0.325 e. The third kappa shape index (κ3) is 3.85. The van der Waals surface area contributed by atoms with Gasteiger partial charge in [-0.3, -0.25) is 0 Å². The zero-order valence-corrected chi connectivity index (χ0v) is 11.9. The highest BCUT2D eigenvalue weighted by Gasteiger charge is 2.22. The number of hydrogen-bond acceptors (Lipinski definition) is 2. The van der Waals surface area contributed by atoms with Crippen LogP contribution in [0.3, 0.4) is 0 Å². The van der Waals surface area contributed by atoms with E-state index in [0.717, 1.165) is 32.5 Å². The minimum atomic E-state index is -0.0593. The van der Waals surface area contributed by atoms with Gasteiger partial charge < -0.3 is 15.5 Å². The van der Waals surface area contributed by atoms with Gasteiger partial charge in [0.2, 0.25) is 0 Å². The molecular formula is C14H20ClN3O. The summed E-state index contributed by atoms with van der Waals surface area (Å²) in [6.45, 7) is 2.64. The summed E-state index contributed by atoms with van der Waals surface area (Å²) in [6, 6.07) is 7.24. The summed E-state index contributed by atoms with van der Waals surface area (Å²) in [6.07, 6.45) is 2.10. The van der Waals surface area contributed by atoms with Crippen molar-refractivity contribution in [2.75, 3.05) is 32.0 Å². The smallest absolute Gasteiger partial charge is 0.321 e. The first-order chi connectivity index (χ1) is 9.20. The lowest BCUT2D eigenvalue weighted by Gasteiger charge is -2.32. The van der Waals surface area contributed by atoms with E-state index < -0.39 is 0 Å². The quantitative estimate of drug-likeness (QED) is 0.895. The van der Waals surface area contributed by atoms with E-state index in [1.807, 2.05) is 30.1 Å². The number of hydrogen-bond donors (Lipinski definition) is 2. The minimum Gasteiger partial charge on any atom is -0.325 e. The highest BCUT2D eigenvalue weighted by atomic mass is 35.5.